The maximum Gasteiger partial charge on any atom is 0.211 e. The molecule has 7 nitrogen and oxygen atoms in total. The van der Waals surface area contributed by atoms with E-state index in [0.29, 0.717) is 50.3 Å². The first-order chi connectivity index (χ1) is 18.0. The van der Waals surface area contributed by atoms with Crippen LogP contribution >= 0.6 is 0 Å². The number of likely N-dealkylation sites (tertiary alicyclic amines) is 1. The molecule has 0 amide bonds. The van der Waals surface area contributed by atoms with Gasteiger partial charge in [0.25, 0.3) is 0 Å². The first-order valence-electron chi connectivity index (χ1n) is 14.1. The van der Waals surface area contributed by atoms with Crippen molar-refractivity contribution in [3.05, 3.63) is 35.4 Å². The van der Waals surface area contributed by atoms with Crippen LogP contribution in [0, 0.1) is 23.5 Å². The van der Waals surface area contributed by atoms with Gasteiger partial charge in [-0.25, -0.2) is 29.9 Å². The molecular formula is C27H43F2N3O4S2. The van der Waals surface area contributed by atoms with Crippen LogP contribution in [0.2, 0.25) is 0 Å². The third-order valence-corrected chi connectivity index (χ3v) is 12.5. The summed E-state index contributed by atoms with van der Waals surface area (Å²) in [6.45, 7) is 5.02. The summed E-state index contributed by atoms with van der Waals surface area (Å²) in [7, 11) is -6.28. The highest BCUT2D eigenvalue weighted by atomic mass is 32.2. The number of benzene rings is 1. The number of nitrogens with zero attached hydrogens (tertiary/aromatic N) is 2. The lowest BCUT2D eigenvalue weighted by atomic mass is 9.78. The minimum atomic E-state index is -3.24. The van der Waals surface area contributed by atoms with Crippen LogP contribution < -0.4 is 5.32 Å². The Morgan fingerprint density at radius 1 is 0.895 bits per heavy atom. The van der Waals surface area contributed by atoms with Crippen molar-refractivity contribution >= 4 is 19.9 Å². The summed E-state index contributed by atoms with van der Waals surface area (Å²) in [5.41, 5.74) is 0.651. The van der Waals surface area contributed by atoms with E-state index in [0.717, 1.165) is 64.5 Å². The van der Waals surface area contributed by atoms with Crippen molar-refractivity contribution in [3.8, 4) is 0 Å². The third kappa shape index (κ3) is 8.19. The highest BCUT2D eigenvalue weighted by Crippen LogP contribution is 2.37. The van der Waals surface area contributed by atoms with Crippen LogP contribution in [0.5, 0.6) is 0 Å². The Labute approximate surface area is 227 Å². The first-order valence-corrected chi connectivity index (χ1v) is 17.6. The van der Waals surface area contributed by atoms with Gasteiger partial charge in [-0.05, 0) is 120 Å². The summed E-state index contributed by atoms with van der Waals surface area (Å²) in [5, 5.41) is 3.03. The zero-order chi connectivity index (χ0) is 27.3. The Kier molecular flexibility index (Phi) is 10.2. The highest BCUT2D eigenvalue weighted by molar-refractivity contribution is 7.92. The molecule has 0 bridgehead atoms. The van der Waals surface area contributed by atoms with Crippen LogP contribution in [0.3, 0.4) is 0 Å². The predicted molar refractivity (Wildman–Crippen MR) is 146 cm³/mol. The molecule has 1 aromatic rings. The lowest BCUT2D eigenvalue weighted by molar-refractivity contribution is 0.164. The number of piperidine rings is 3. The first kappa shape index (κ1) is 29.8. The third-order valence-electron chi connectivity index (χ3n) is 8.92. The minimum Gasteiger partial charge on any atom is -0.317 e. The van der Waals surface area contributed by atoms with Gasteiger partial charge >= 0.3 is 0 Å². The Hall–Kier alpha value is -1.14. The molecule has 1 unspecified atom stereocenters. The topological polar surface area (TPSA) is 86.8 Å². The summed E-state index contributed by atoms with van der Waals surface area (Å²) in [4.78, 5) is 2.38. The average molecular weight is 576 g/mol. The van der Waals surface area contributed by atoms with Gasteiger partial charge in [-0.1, -0.05) is 0 Å². The Balaban J connectivity index is 1.30. The van der Waals surface area contributed by atoms with Gasteiger partial charge in [-0.15, -0.1) is 0 Å². The standard InChI is InChI=1S/C27H43F2N3O4S2/c1-37(33,34)32-15-6-22(7-16-32)27(23-18-24(28)20-25(29)19-23)8-14-31-12-4-21(5-13-31)9-17-38(35,36)26-2-10-30-11-3-26/h18-22,26-27,30H,2-17H2,1H3. The molecule has 1 atom stereocenters. The fraction of sp³-hybridized carbons (Fsp3) is 0.778. The van der Waals surface area contributed by atoms with Crippen molar-refractivity contribution in [2.45, 2.75) is 62.5 Å². The SMILES string of the molecule is CS(=O)(=O)N1CCC(C(CCN2CCC(CCS(=O)(=O)C3CCNCC3)CC2)c2cc(F)cc(F)c2)CC1. The maximum atomic E-state index is 14.1. The molecule has 3 aliphatic heterocycles. The average Bonchev–Trinajstić information content (AvgIpc) is 2.88. The van der Waals surface area contributed by atoms with E-state index >= 15 is 0 Å². The molecule has 1 aromatic carbocycles. The summed E-state index contributed by atoms with van der Waals surface area (Å²) < 4.78 is 79.1. The molecule has 38 heavy (non-hydrogen) atoms. The molecule has 1 N–H and O–H groups in total. The van der Waals surface area contributed by atoms with E-state index in [2.05, 4.69) is 10.2 Å². The number of sulfone groups is 1. The van der Waals surface area contributed by atoms with Crippen LogP contribution in [0.4, 0.5) is 8.78 Å². The number of hydrogen-bond acceptors (Lipinski definition) is 6. The number of sulfonamides is 1. The molecule has 3 saturated heterocycles. The van der Waals surface area contributed by atoms with Crippen LogP contribution in [0.25, 0.3) is 0 Å². The summed E-state index contributed by atoms with van der Waals surface area (Å²) in [5.74, 6) is -0.364. The fourth-order valence-corrected chi connectivity index (χ4v) is 9.37. The smallest absolute Gasteiger partial charge is 0.211 e. The molecule has 0 aromatic heterocycles. The van der Waals surface area contributed by atoms with Crippen molar-refractivity contribution in [1.82, 2.24) is 14.5 Å². The van der Waals surface area contributed by atoms with Crippen LogP contribution in [-0.4, -0.2) is 89.1 Å². The quantitative estimate of drug-likeness (QED) is 0.461. The molecule has 0 saturated carbocycles. The van der Waals surface area contributed by atoms with Crippen LogP contribution in [0.15, 0.2) is 18.2 Å². The largest absolute Gasteiger partial charge is 0.317 e. The molecule has 216 valence electrons. The van der Waals surface area contributed by atoms with Gasteiger partial charge in [0.05, 0.1) is 17.3 Å². The van der Waals surface area contributed by atoms with Gasteiger partial charge in [0.2, 0.25) is 10.0 Å². The molecule has 11 heteroatoms. The Morgan fingerprint density at radius 2 is 1.50 bits per heavy atom. The lowest BCUT2D eigenvalue weighted by Gasteiger charge is -2.37. The van der Waals surface area contributed by atoms with Gasteiger partial charge < -0.3 is 10.2 Å². The maximum absolute atomic E-state index is 14.1. The van der Waals surface area contributed by atoms with E-state index in [9.17, 15) is 25.6 Å². The Bertz CT molecular complexity index is 1110. The zero-order valence-electron chi connectivity index (χ0n) is 22.5. The van der Waals surface area contributed by atoms with Crippen molar-refractivity contribution in [1.29, 1.82) is 0 Å². The van der Waals surface area contributed by atoms with Crippen molar-refractivity contribution < 1.29 is 25.6 Å². The summed E-state index contributed by atoms with van der Waals surface area (Å²) in [6.07, 6.45) is 7.40. The van der Waals surface area contributed by atoms with Gasteiger partial charge in [-0.3, -0.25) is 0 Å². The molecule has 0 aliphatic carbocycles. The van der Waals surface area contributed by atoms with Crippen molar-refractivity contribution in [2.24, 2.45) is 11.8 Å². The predicted octanol–water partition coefficient (Wildman–Crippen LogP) is 3.38. The van der Waals surface area contributed by atoms with Gasteiger partial charge in [0.15, 0.2) is 9.84 Å². The van der Waals surface area contributed by atoms with Crippen molar-refractivity contribution in [3.63, 3.8) is 0 Å². The second-order valence-corrected chi connectivity index (χ2v) is 15.9. The number of hydrogen-bond donors (Lipinski definition) is 1. The van der Waals surface area contributed by atoms with E-state index < -0.39 is 31.5 Å². The van der Waals surface area contributed by atoms with Gasteiger partial charge in [0.1, 0.15) is 11.6 Å². The van der Waals surface area contributed by atoms with E-state index in [1.54, 1.807) is 0 Å². The normalized spacial score (nSPS) is 23.0. The minimum absolute atomic E-state index is 0.0465. The summed E-state index contributed by atoms with van der Waals surface area (Å²) in [6, 6.07) is 3.74. The summed E-state index contributed by atoms with van der Waals surface area (Å²) >= 11 is 0. The van der Waals surface area contributed by atoms with Gasteiger partial charge in [0, 0.05) is 19.2 Å². The number of rotatable bonds is 10. The molecular weight excluding hydrogens is 532 g/mol. The molecule has 3 fully saturated rings. The second-order valence-electron chi connectivity index (χ2n) is 11.5. The number of halogens is 2. The molecule has 3 aliphatic rings. The fourth-order valence-electron chi connectivity index (χ4n) is 6.55. The lowest BCUT2D eigenvalue weighted by Crippen LogP contribution is -2.40. The second kappa shape index (κ2) is 13.0. The number of nitrogens with one attached hydrogen (secondary N) is 1. The zero-order valence-corrected chi connectivity index (χ0v) is 24.1. The van der Waals surface area contributed by atoms with Gasteiger partial charge in [-0.2, -0.15) is 0 Å². The van der Waals surface area contributed by atoms with Crippen LogP contribution in [0.1, 0.15) is 62.8 Å². The highest BCUT2D eigenvalue weighted by Gasteiger charge is 2.32. The molecule has 0 spiro atoms. The molecule has 0 radical (unpaired) electrons. The molecule has 4 rings (SSSR count). The van der Waals surface area contributed by atoms with Crippen molar-refractivity contribution in [2.75, 3.05) is 57.8 Å². The van der Waals surface area contributed by atoms with E-state index in [-0.39, 0.29) is 22.8 Å². The van der Waals surface area contributed by atoms with E-state index in [1.807, 2.05) is 0 Å². The monoisotopic (exact) mass is 575 g/mol. The Morgan fingerprint density at radius 3 is 2.08 bits per heavy atom. The van der Waals surface area contributed by atoms with E-state index in [1.165, 1.54) is 22.7 Å². The molecule has 3 heterocycles. The van der Waals surface area contributed by atoms with Crippen LogP contribution in [-0.2, 0) is 19.9 Å². The van der Waals surface area contributed by atoms with E-state index in [4.69, 9.17) is 0 Å².